The molecule has 1 aliphatic carbocycles. The average Bonchev–Trinajstić information content (AvgIpc) is 3.57. The van der Waals surface area contributed by atoms with Gasteiger partial charge in [0.25, 0.3) is 15.9 Å². The van der Waals surface area contributed by atoms with E-state index in [0.717, 1.165) is 30.0 Å². The minimum Gasteiger partial charge on any atom is -0.357 e. The largest absolute Gasteiger partial charge is 0.357 e. The van der Waals surface area contributed by atoms with Crippen molar-refractivity contribution in [3.05, 3.63) is 48.4 Å². The molecule has 1 saturated heterocycles. The number of hydrogen-bond donors (Lipinski definition) is 3. The number of rotatable bonds is 8. The Morgan fingerprint density at radius 3 is 2.58 bits per heavy atom. The van der Waals surface area contributed by atoms with Gasteiger partial charge in [0.1, 0.15) is 11.7 Å². The van der Waals surface area contributed by atoms with Gasteiger partial charge >= 0.3 is 0 Å². The van der Waals surface area contributed by atoms with Crippen LogP contribution in [-0.2, 0) is 19.6 Å². The average molecular weight is 516 g/mol. The molecule has 2 amide bonds. The van der Waals surface area contributed by atoms with E-state index in [4.69, 9.17) is 0 Å². The highest BCUT2D eigenvalue weighted by atomic mass is 32.2. The summed E-state index contributed by atoms with van der Waals surface area (Å²) < 4.78 is 27.4. The fourth-order valence-corrected chi connectivity index (χ4v) is 6.58. The first kappa shape index (κ1) is 26.0. The van der Waals surface area contributed by atoms with Gasteiger partial charge in [-0.3, -0.25) is 14.4 Å². The molecule has 3 atom stereocenters. The fourth-order valence-electron chi connectivity index (χ4n) is 5.02. The number of aromatic amines is 1. The minimum atomic E-state index is -3.96. The first-order valence-corrected chi connectivity index (χ1v) is 13.9. The van der Waals surface area contributed by atoms with E-state index >= 15 is 0 Å². The summed E-state index contributed by atoms with van der Waals surface area (Å²) in [5, 5.41) is 5.52. The summed E-state index contributed by atoms with van der Waals surface area (Å²) in [6, 6.07) is 5.88. The lowest BCUT2D eigenvalue weighted by Gasteiger charge is -2.25. The summed E-state index contributed by atoms with van der Waals surface area (Å²) in [4.78, 5) is 45.9. The number of nitrogens with zero attached hydrogens (tertiary/aromatic N) is 2. The molecule has 0 spiro atoms. The quantitative estimate of drug-likeness (QED) is 0.491. The molecule has 1 aliphatic heterocycles. The number of aromatic nitrogens is 2. The molecule has 3 N–H and O–H groups in total. The number of sulfonamides is 1. The van der Waals surface area contributed by atoms with Crippen molar-refractivity contribution >= 4 is 27.6 Å². The van der Waals surface area contributed by atoms with E-state index in [9.17, 15) is 22.8 Å². The highest BCUT2D eigenvalue weighted by molar-refractivity contribution is 7.89. The van der Waals surface area contributed by atoms with Crippen LogP contribution in [-0.4, -0.2) is 65.0 Å². The second-order valence-electron chi connectivity index (χ2n) is 9.67. The van der Waals surface area contributed by atoms with E-state index in [-0.39, 0.29) is 23.3 Å². The molecular formula is C25H33N5O5S. The second kappa shape index (κ2) is 11.3. The molecule has 2 aliphatic rings. The molecule has 0 radical (unpaired) electrons. The predicted octanol–water partition coefficient (Wildman–Crippen LogP) is 2.02. The third-order valence-electron chi connectivity index (χ3n) is 7.10. The van der Waals surface area contributed by atoms with Crippen molar-refractivity contribution in [3.8, 4) is 0 Å². The first-order valence-electron chi connectivity index (χ1n) is 12.5. The van der Waals surface area contributed by atoms with Gasteiger partial charge in [-0.1, -0.05) is 31.7 Å². The second-order valence-corrected chi connectivity index (χ2v) is 11.5. The predicted molar refractivity (Wildman–Crippen MR) is 132 cm³/mol. The lowest BCUT2D eigenvalue weighted by Crippen LogP contribution is -2.53. The van der Waals surface area contributed by atoms with Gasteiger partial charge in [-0.15, -0.1) is 0 Å². The van der Waals surface area contributed by atoms with Crippen LogP contribution in [0.5, 0.6) is 0 Å². The SMILES string of the molecule is C[C@@H]1CC[C@H](NC(=O)[C@H](CC2CCCC2)NC(=O)c2ccc[nH]2)C(=O)CN1S(=O)(=O)c1ccccn1. The smallest absolute Gasteiger partial charge is 0.268 e. The van der Waals surface area contributed by atoms with Crippen molar-refractivity contribution in [3.63, 3.8) is 0 Å². The monoisotopic (exact) mass is 515 g/mol. The van der Waals surface area contributed by atoms with Gasteiger partial charge < -0.3 is 15.6 Å². The standard InChI is InChI=1S/C25H33N5O5S/c1-17-11-12-19(22(31)16-30(17)36(34,35)23-10-4-5-13-27-23)28-25(33)21(15-18-7-2-3-8-18)29-24(32)20-9-6-14-26-20/h4-6,9-10,13-14,17-19,21,26H,2-3,7-8,11-12,15-16H2,1H3,(H,28,33)(H,29,32)/t17-,19+,21+/m1/s1. The summed E-state index contributed by atoms with van der Waals surface area (Å²) in [5.74, 6) is -0.864. The van der Waals surface area contributed by atoms with Gasteiger partial charge in [-0.2, -0.15) is 4.31 Å². The number of carbonyl (C=O) groups is 3. The summed E-state index contributed by atoms with van der Waals surface area (Å²) >= 11 is 0. The van der Waals surface area contributed by atoms with Crippen molar-refractivity contribution < 1.29 is 22.8 Å². The molecule has 3 heterocycles. The van der Waals surface area contributed by atoms with Crippen LogP contribution in [0.1, 0.15) is 62.4 Å². The number of amides is 2. The van der Waals surface area contributed by atoms with Gasteiger partial charge in [0, 0.05) is 18.4 Å². The molecule has 2 aromatic rings. The Labute approximate surface area is 211 Å². The van der Waals surface area contributed by atoms with Crippen LogP contribution in [0.3, 0.4) is 0 Å². The molecule has 10 nitrogen and oxygen atoms in total. The Hall–Kier alpha value is -3.05. The zero-order valence-corrected chi connectivity index (χ0v) is 21.2. The number of carbonyl (C=O) groups excluding carboxylic acids is 3. The lowest BCUT2D eigenvalue weighted by molar-refractivity contribution is -0.129. The van der Waals surface area contributed by atoms with Crippen molar-refractivity contribution in [1.29, 1.82) is 0 Å². The zero-order valence-electron chi connectivity index (χ0n) is 20.4. The normalized spacial score (nSPS) is 22.6. The van der Waals surface area contributed by atoms with Gasteiger partial charge in [0.15, 0.2) is 10.8 Å². The van der Waals surface area contributed by atoms with Crippen LogP contribution < -0.4 is 10.6 Å². The van der Waals surface area contributed by atoms with Gasteiger partial charge in [-0.05, 0) is 56.4 Å². The van der Waals surface area contributed by atoms with E-state index in [1.807, 2.05) is 0 Å². The number of H-pyrrole nitrogens is 1. The molecule has 194 valence electrons. The zero-order chi connectivity index (χ0) is 25.7. The molecule has 0 unspecified atom stereocenters. The van der Waals surface area contributed by atoms with Crippen LogP contribution in [0.25, 0.3) is 0 Å². The maximum absolute atomic E-state index is 13.3. The van der Waals surface area contributed by atoms with E-state index in [1.165, 1.54) is 12.3 Å². The van der Waals surface area contributed by atoms with Crippen molar-refractivity contribution in [2.24, 2.45) is 5.92 Å². The van der Waals surface area contributed by atoms with Gasteiger partial charge in [-0.25, -0.2) is 13.4 Å². The topological polar surface area (TPSA) is 141 Å². The summed E-state index contributed by atoms with van der Waals surface area (Å²) in [7, 11) is -3.96. The number of hydrogen-bond acceptors (Lipinski definition) is 6. The van der Waals surface area contributed by atoms with Crippen LogP contribution >= 0.6 is 0 Å². The molecule has 0 aromatic carbocycles. The Kier molecular flexibility index (Phi) is 8.20. The molecule has 36 heavy (non-hydrogen) atoms. The molecule has 4 rings (SSSR count). The third kappa shape index (κ3) is 6.01. The van der Waals surface area contributed by atoms with E-state index < -0.39 is 34.1 Å². The number of pyridine rings is 1. The Morgan fingerprint density at radius 2 is 1.92 bits per heavy atom. The van der Waals surface area contributed by atoms with Crippen LogP contribution in [0.2, 0.25) is 0 Å². The molecule has 2 aromatic heterocycles. The number of Topliss-reactive ketones (excluding diaryl/α,β-unsaturated/α-hetero) is 1. The maximum Gasteiger partial charge on any atom is 0.268 e. The minimum absolute atomic E-state index is 0.115. The Balaban J connectivity index is 1.46. The van der Waals surface area contributed by atoms with Gasteiger partial charge in [0.2, 0.25) is 5.91 Å². The molecule has 0 bridgehead atoms. The van der Waals surface area contributed by atoms with E-state index in [1.54, 1.807) is 37.4 Å². The highest BCUT2D eigenvalue weighted by Gasteiger charge is 2.38. The Morgan fingerprint density at radius 1 is 1.14 bits per heavy atom. The summed E-state index contributed by atoms with van der Waals surface area (Å²) in [6.07, 6.45) is 8.43. The number of ketones is 1. The summed E-state index contributed by atoms with van der Waals surface area (Å²) in [5.41, 5.74) is 0.356. The van der Waals surface area contributed by atoms with E-state index in [0.29, 0.717) is 30.9 Å². The van der Waals surface area contributed by atoms with Crippen LogP contribution in [0.4, 0.5) is 0 Å². The number of nitrogens with one attached hydrogen (secondary N) is 3. The van der Waals surface area contributed by atoms with Crippen molar-refractivity contribution in [1.82, 2.24) is 24.9 Å². The molecule has 11 heteroatoms. The summed E-state index contributed by atoms with van der Waals surface area (Å²) in [6.45, 7) is 1.39. The molecular weight excluding hydrogens is 482 g/mol. The lowest BCUT2D eigenvalue weighted by atomic mass is 9.97. The fraction of sp³-hybridized carbons (Fsp3) is 0.520. The van der Waals surface area contributed by atoms with Crippen LogP contribution in [0, 0.1) is 5.92 Å². The van der Waals surface area contributed by atoms with Crippen molar-refractivity contribution in [2.75, 3.05) is 6.54 Å². The van der Waals surface area contributed by atoms with Crippen molar-refractivity contribution in [2.45, 2.75) is 75.0 Å². The molecule has 1 saturated carbocycles. The first-order chi connectivity index (χ1) is 17.3. The van der Waals surface area contributed by atoms with E-state index in [2.05, 4.69) is 20.6 Å². The maximum atomic E-state index is 13.3. The van der Waals surface area contributed by atoms with Gasteiger partial charge in [0.05, 0.1) is 12.6 Å². The Bertz CT molecular complexity index is 1160. The molecule has 2 fully saturated rings. The van der Waals surface area contributed by atoms with Crippen LogP contribution in [0.15, 0.2) is 47.8 Å². The highest BCUT2D eigenvalue weighted by Crippen LogP contribution is 2.29. The third-order valence-corrected chi connectivity index (χ3v) is 8.98.